The van der Waals surface area contributed by atoms with Gasteiger partial charge in [0.15, 0.2) is 11.5 Å². The summed E-state index contributed by atoms with van der Waals surface area (Å²) in [6, 6.07) is 1.77. The summed E-state index contributed by atoms with van der Waals surface area (Å²) in [6.07, 6.45) is -0.113. The third-order valence-electron chi connectivity index (χ3n) is 4.60. The van der Waals surface area contributed by atoms with Crippen molar-refractivity contribution in [3.05, 3.63) is 23.8 Å². The lowest BCUT2D eigenvalue weighted by molar-refractivity contribution is -0.142. The van der Waals surface area contributed by atoms with E-state index in [0.717, 1.165) is 0 Å². The fraction of sp³-hybridized carbons (Fsp3) is 0.526. The maximum absolute atomic E-state index is 12.4. The predicted octanol–water partition coefficient (Wildman–Crippen LogP) is -1.68. The van der Waals surface area contributed by atoms with Gasteiger partial charge in [0.25, 0.3) is 0 Å². The van der Waals surface area contributed by atoms with Gasteiger partial charge in [0.05, 0.1) is 33.5 Å². The number of phenols is 1. The van der Waals surface area contributed by atoms with E-state index in [0.29, 0.717) is 31.9 Å². The summed E-state index contributed by atoms with van der Waals surface area (Å²) < 4.78 is 10.1. The first kappa shape index (κ1) is 23.4. The molecule has 2 amide bonds. The number of carboxylic acids is 1. The molecule has 0 bridgehead atoms. The van der Waals surface area contributed by atoms with Crippen LogP contribution in [0.3, 0.4) is 0 Å². The van der Waals surface area contributed by atoms with E-state index in [1.807, 2.05) is 4.90 Å². The number of ether oxygens (including phenoxy) is 2. The molecule has 1 aliphatic heterocycles. The molecule has 1 saturated heterocycles. The Balaban J connectivity index is 1.95. The van der Waals surface area contributed by atoms with Crippen LogP contribution in [0.1, 0.15) is 5.56 Å². The number of aliphatic hydroxyl groups excluding tert-OH is 1. The molecule has 0 aromatic heterocycles. The monoisotopic (exact) mass is 425 g/mol. The number of aromatic hydroxyl groups is 1. The highest BCUT2D eigenvalue weighted by Gasteiger charge is 2.27. The summed E-state index contributed by atoms with van der Waals surface area (Å²) in [4.78, 5) is 38.0. The van der Waals surface area contributed by atoms with Crippen LogP contribution < -0.4 is 15.4 Å². The maximum Gasteiger partial charge on any atom is 0.326 e. The Morgan fingerprint density at radius 3 is 2.47 bits per heavy atom. The van der Waals surface area contributed by atoms with Gasteiger partial charge in [-0.1, -0.05) is 6.07 Å². The third-order valence-corrected chi connectivity index (χ3v) is 4.60. The second-order valence-electron chi connectivity index (χ2n) is 6.80. The normalized spacial score (nSPS) is 16.3. The van der Waals surface area contributed by atoms with E-state index in [2.05, 4.69) is 10.6 Å². The second-order valence-corrected chi connectivity index (χ2v) is 6.80. The Kier molecular flexibility index (Phi) is 8.84. The zero-order valence-corrected chi connectivity index (χ0v) is 16.7. The molecule has 0 saturated carbocycles. The fourth-order valence-corrected chi connectivity index (χ4v) is 2.97. The van der Waals surface area contributed by atoms with Gasteiger partial charge in [-0.3, -0.25) is 14.5 Å². The molecule has 166 valence electrons. The van der Waals surface area contributed by atoms with Crippen molar-refractivity contribution in [1.29, 1.82) is 0 Å². The number of hydrogen-bond donors (Lipinski definition) is 5. The Hall–Kier alpha value is -2.89. The molecular formula is C19H27N3O8. The molecule has 1 aromatic carbocycles. The van der Waals surface area contributed by atoms with Gasteiger partial charge in [0.1, 0.15) is 12.1 Å². The van der Waals surface area contributed by atoms with E-state index >= 15 is 0 Å². The average molecular weight is 425 g/mol. The van der Waals surface area contributed by atoms with Gasteiger partial charge >= 0.3 is 5.97 Å². The van der Waals surface area contributed by atoms with Gasteiger partial charge in [-0.05, 0) is 17.7 Å². The third kappa shape index (κ3) is 6.87. The smallest absolute Gasteiger partial charge is 0.326 e. The van der Waals surface area contributed by atoms with Crippen molar-refractivity contribution in [3.8, 4) is 11.5 Å². The average Bonchev–Trinajstić information content (AvgIpc) is 2.72. The number of morpholine rings is 1. The van der Waals surface area contributed by atoms with E-state index in [-0.39, 0.29) is 24.5 Å². The van der Waals surface area contributed by atoms with Crippen LogP contribution >= 0.6 is 0 Å². The lowest BCUT2D eigenvalue weighted by Gasteiger charge is -2.27. The lowest BCUT2D eigenvalue weighted by Crippen LogP contribution is -2.55. The first-order valence-corrected chi connectivity index (χ1v) is 9.43. The number of amides is 2. The minimum absolute atomic E-state index is 0.0423. The fourth-order valence-electron chi connectivity index (χ4n) is 2.97. The van der Waals surface area contributed by atoms with Crippen LogP contribution in [0.2, 0.25) is 0 Å². The maximum atomic E-state index is 12.4. The van der Waals surface area contributed by atoms with Gasteiger partial charge in [-0.15, -0.1) is 0 Å². The van der Waals surface area contributed by atoms with Crippen molar-refractivity contribution in [2.75, 3.05) is 46.6 Å². The number of carbonyl (C=O) groups excluding carboxylic acids is 2. The molecule has 1 aliphatic rings. The standard InChI is InChI=1S/C19H27N3O8/c1-29-16-3-2-12(9-15(16)24)8-13(19(27)28)21-18(26)14(11-23)20-17(25)10-22-4-6-30-7-5-22/h2-3,9,13-14,23-24H,4-8,10-11H2,1H3,(H,20,25)(H,21,26)(H,27,28). The first-order chi connectivity index (χ1) is 14.3. The number of nitrogens with zero attached hydrogens (tertiary/aromatic N) is 1. The predicted molar refractivity (Wildman–Crippen MR) is 104 cm³/mol. The minimum Gasteiger partial charge on any atom is -0.504 e. The summed E-state index contributed by atoms with van der Waals surface area (Å²) in [5.41, 5.74) is 0.456. The van der Waals surface area contributed by atoms with Crippen molar-refractivity contribution >= 4 is 17.8 Å². The zero-order valence-electron chi connectivity index (χ0n) is 16.7. The van der Waals surface area contributed by atoms with Crippen LogP contribution in [0.25, 0.3) is 0 Å². The number of benzene rings is 1. The number of hydrogen-bond acceptors (Lipinski definition) is 8. The lowest BCUT2D eigenvalue weighted by atomic mass is 10.0. The Morgan fingerprint density at radius 1 is 1.20 bits per heavy atom. The number of nitrogens with one attached hydrogen (secondary N) is 2. The summed E-state index contributed by atoms with van der Waals surface area (Å²) in [6.45, 7) is 1.55. The van der Waals surface area contributed by atoms with Crippen LogP contribution in [0.15, 0.2) is 18.2 Å². The summed E-state index contributed by atoms with van der Waals surface area (Å²) in [5.74, 6) is -2.50. The summed E-state index contributed by atoms with van der Waals surface area (Å²) in [5, 5.41) is 33.5. The topological polar surface area (TPSA) is 158 Å². The van der Waals surface area contributed by atoms with Gasteiger partial charge in [-0.2, -0.15) is 0 Å². The Morgan fingerprint density at radius 2 is 1.90 bits per heavy atom. The molecule has 1 heterocycles. The van der Waals surface area contributed by atoms with Crippen molar-refractivity contribution < 1.29 is 39.2 Å². The summed E-state index contributed by atoms with van der Waals surface area (Å²) >= 11 is 0. The van der Waals surface area contributed by atoms with Crippen molar-refractivity contribution in [1.82, 2.24) is 15.5 Å². The van der Waals surface area contributed by atoms with E-state index in [1.165, 1.54) is 19.2 Å². The number of aliphatic carboxylic acids is 1. The van der Waals surface area contributed by atoms with E-state index in [9.17, 15) is 29.7 Å². The van der Waals surface area contributed by atoms with Gasteiger partial charge in [0, 0.05) is 19.5 Å². The van der Waals surface area contributed by atoms with E-state index in [4.69, 9.17) is 9.47 Å². The number of aliphatic hydroxyl groups is 1. The van der Waals surface area contributed by atoms with Gasteiger partial charge < -0.3 is 35.4 Å². The van der Waals surface area contributed by atoms with Crippen LogP contribution in [-0.2, 0) is 25.5 Å². The molecule has 0 spiro atoms. The quantitative estimate of drug-likeness (QED) is 0.295. The molecule has 0 radical (unpaired) electrons. The molecule has 30 heavy (non-hydrogen) atoms. The summed E-state index contributed by atoms with van der Waals surface area (Å²) in [7, 11) is 1.39. The molecule has 2 unspecified atom stereocenters. The molecule has 2 atom stereocenters. The Labute approximate surface area is 173 Å². The highest BCUT2D eigenvalue weighted by Crippen LogP contribution is 2.26. The van der Waals surface area contributed by atoms with Crippen molar-refractivity contribution in [2.45, 2.75) is 18.5 Å². The molecule has 11 heteroatoms. The van der Waals surface area contributed by atoms with Crippen LogP contribution in [0, 0.1) is 0 Å². The molecule has 2 rings (SSSR count). The van der Waals surface area contributed by atoms with Crippen LogP contribution in [-0.4, -0.2) is 96.7 Å². The largest absolute Gasteiger partial charge is 0.504 e. The molecule has 11 nitrogen and oxygen atoms in total. The molecule has 0 aliphatic carbocycles. The second kappa shape index (κ2) is 11.3. The van der Waals surface area contributed by atoms with Crippen molar-refractivity contribution in [2.24, 2.45) is 0 Å². The van der Waals surface area contributed by atoms with Crippen molar-refractivity contribution in [3.63, 3.8) is 0 Å². The van der Waals surface area contributed by atoms with Crippen LogP contribution in [0.5, 0.6) is 11.5 Å². The number of carbonyl (C=O) groups is 3. The molecule has 5 N–H and O–H groups in total. The highest BCUT2D eigenvalue weighted by molar-refractivity contribution is 5.91. The first-order valence-electron chi connectivity index (χ1n) is 9.43. The van der Waals surface area contributed by atoms with Crippen LogP contribution in [0.4, 0.5) is 0 Å². The number of rotatable bonds is 10. The molecule has 1 aromatic rings. The van der Waals surface area contributed by atoms with E-state index < -0.39 is 36.5 Å². The van der Waals surface area contributed by atoms with Gasteiger partial charge in [-0.25, -0.2) is 4.79 Å². The number of methoxy groups -OCH3 is 1. The Bertz CT molecular complexity index is 751. The van der Waals surface area contributed by atoms with Gasteiger partial charge in [0.2, 0.25) is 11.8 Å². The highest BCUT2D eigenvalue weighted by atomic mass is 16.5. The number of phenolic OH excluding ortho intramolecular Hbond substituents is 1. The SMILES string of the molecule is COc1ccc(CC(NC(=O)C(CO)NC(=O)CN2CCOCC2)C(=O)O)cc1O. The number of carboxylic acid groups (broad SMARTS) is 1. The molecule has 1 fully saturated rings. The zero-order chi connectivity index (χ0) is 22.1. The molecular weight excluding hydrogens is 398 g/mol. The minimum atomic E-state index is -1.32. The van der Waals surface area contributed by atoms with E-state index in [1.54, 1.807) is 6.07 Å².